The number of ether oxygens (including phenoxy) is 1. The van der Waals surface area contributed by atoms with Crippen LogP contribution in [0.5, 0.6) is 5.75 Å². The van der Waals surface area contributed by atoms with E-state index < -0.39 is 11.4 Å². The molecule has 6 nitrogen and oxygen atoms in total. The number of carbonyl (C=O) groups is 2. The van der Waals surface area contributed by atoms with Crippen LogP contribution in [0.2, 0.25) is 5.02 Å². The molecule has 0 heterocycles. The van der Waals surface area contributed by atoms with Gasteiger partial charge in [0.15, 0.2) is 0 Å². The Bertz CT molecular complexity index is 1140. The van der Waals surface area contributed by atoms with Crippen molar-refractivity contribution in [3.8, 4) is 5.75 Å². The van der Waals surface area contributed by atoms with E-state index in [0.717, 1.165) is 24.1 Å². The molecule has 1 N–H and O–H groups in total. The fraction of sp³-hybridized carbons (Fsp3) is 0.423. The Kier molecular flexibility index (Phi) is 5.77. The number of fused-ring (bicyclic) bond motifs is 2. The predicted octanol–water partition coefficient (Wildman–Crippen LogP) is 6.02. The summed E-state index contributed by atoms with van der Waals surface area (Å²) < 4.78 is 5.44. The second kappa shape index (κ2) is 8.17. The summed E-state index contributed by atoms with van der Waals surface area (Å²) in [4.78, 5) is 31.5. The van der Waals surface area contributed by atoms with Crippen molar-refractivity contribution in [3.05, 3.63) is 58.6 Å². The first-order valence-corrected chi connectivity index (χ1v) is 11.4. The molecule has 2 saturated carbocycles. The van der Waals surface area contributed by atoms with Gasteiger partial charge in [0.05, 0.1) is 29.5 Å². The van der Waals surface area contributed by atoms with E-state index in [1.54, 1.807) is 31.4 Å². The van der Waals surface area contributed by atoms with Crippen LogP contribution in [-0.2, 0) is 9.63 Å². The van der Waals surface area contributed by atoms with E-state index in [0.29, 0.717) is 28.4 Å². The lowest BCUT2D eigenvalue weighted by molar-refractivity contribution is -0.130. The fourth-order valence-electron chi connectivity index (χ4n) is 5.42. The van der Waals surface area contributed by atoms with Gasteiger partial charge in [-0.05, 0) is 67.1 Å². The van der Waals surface area contributed by atoms with Gasteiger partial charge in [0.2, 0.25) is 5.91 Å². The van der Waals surface area contributed by atoms with Crippen molar-refractivity contribution in [1.82, 2.24) is 0 Å². The highest BCUT2D eigenvalue weighted by Crippen LogP contribution is 2.71. The first-order valence-electron chi connectivity index (χ1n) is 11.0. The molecule has 2 aliphatic rings. The Hall–Kier alpha value is -2.86. The molecule has 2 aliphatic carbocycles. The van der Waals surface area contributed by atoms with Gasteiger partial charge in [-0.15, -0.1) is 0 Å². The highest BCUT2D eigenvalue weighted by molar-refractivity contribution is 6.30. The smallest absolute Gasteiger partial charge is 0.365 e. The number of nitrogens with zero attached hydrogens (tertiary/aromatic N) is 1. The molecule has 0 saturated heterocycles. The maximum Gasteiger partial charge on any atom is 0.365 e. The molecule has 2 aromatic carbocycles. The topological polar surface area (TPSA) is 77.0 Å². The van der Waals surface area contributed by atoms with Crippen molar-refractivity contribution in [1.29, 1.82) is 0 Å². The minimum atomic E-state index is -0.665. The normalized spacial score (nSPS) is 26.3. The number of hydrogen-bond donors (Lipinski definition) is 1. The molecule has 0 spiro atoms. The second-order valence-corrected chi connectivity index (χ2v) is 10.2. The Morgan fingerprint density at radius 3 is 2.42 bits per heavy atom. The molecule has 2 fully saturated rings. The molecule has 1 amide bonds. The van der Waals surface area contributed by atoms with E-state index in [1.807, 2.05) is 25.1 Å². The van der Waals surface area contributed by atoms with Gasteiger partial charge in [-0.25, -0.2) is 4.79 Å². The molecule has 4 rings (SSSR count). The Balaban J connectivity index is 1.60. The molecule has 0 aromatic heterocycles. The Morgan fingerprint density at radius 2 is 1.76 bits per heavy atom. The highest BCUT2D eigenvalue weighted by atomic mass is 35.5. The third kappa shape index (κ3) is 3.61. The Morgan fingerprint density at radius 1 is 1.06 bits per heavy atom. The lowest BCUT2D eigenvalue weighted by Gasteiger charge is -2.39. The lowest BCUT2D eigenvalue weighted by Crippen LogP contribution is -2.43. The van der Waals surface area contributed by atoms with Crippen molar-refractivity contribution >= 4 is 34.9 Å². The van der Waals surface area contributed by atoms with Gasteiger partial charge < -0.3 is 14.9 Å². The maximum atomic E-state index is 13.7. The van der Waals surface area contributed by atoms with Crippen molar-refractivity contribution in [2.24, 2.45) is 21.4 Å². The zero-order chi connectivity index (χ0) is 24.0. The van der Waals surface area contributed by atoms with Gasteiger partial charge in [0, 0.05) is 16.9 Å². The minimum Gasteiger partial charge on any atom is -0.495 e. The SMILES string of the molecule is COc1ccc(C)cc1NC(=O)C12CCC(C)(/C(=N\OC(=O)c3ccc(Cl)cc3)C1)C2(C)C. The zero-order valence-electron chi connectivity index (χ0n) is 19.6. The Labute approximate surface area is 199 Å². The summed E-state index contributed by atoms with van der Waals surface area (Å²) in [5.74, 6) is 0.00777. The molecule has 7 heteroatoms. The third-order valence-electron chi connectivity index (χ3n) is 8.09. The van der Waals surface area contributed by atoms with Crippen LogP contribution >= 0.6 is 11.6 Å². The molecule has 2 bridgehead atoms. The van der Waals surface area contributed by atoms with E-state index in [1.165, 1.54) is 0 Å². The van der Waals surface area contributed by atoms with E-state index in [4.69, 9.17) is 21.2 Å². The number of methoxy groups -OCH3 is 1. The number of oxime groups is 1. The summed E-state index contributed by atoms with van der Waals surface area (Å²) in [6.07, 6.45) is 1.96. The van der Waals surface area contributed by atoms with Crippen molar-refractivity contribution in [3.63, 3.8) is 0 Å². The average molecular weight is 469 g/mol. The lowest BCUT2D eigenvalue weighted by atomic mass is 9.64. The summed E-state index contributed by atoms with van der Waals surface area (Å²) in [5, 5.41) is 7.94. The first-order chi connectivity index (χ1) is 15.5. The van der Waals surface area contributed by atoms with Gasteiger partial charge in [-0.3, -0.25) is 4.79 Å². The van der Waals surface area contributed by atoms with Crippen molar-refractivity contribution in [2.75, 3.05) is 12.4 Å². The van der Waals surface area contributed by atoms with Gasteiger partial charge in [0.1, 0.15) is 5.75 Å². The predicted molar refractivity (Wildman–Crippen MR) is 129 cm³/mol. The van der Waals surface area contributed by atoms with Crippen LogP contribution in [0.3, 0.4) is 0 Å². The van der Waals surface area contributed by atoms with Crippen LogP contribution in [0.4, 0.5) is 5.69 Å². The largest absolute Gasteiger partial charge is 0.495 e. The van der Waals surface area contributed by atoms with Gasteiger partial charge in [0.25, 0.3) is 0 Å². The second-order valence-electron chi connectivity index (χ2n) is 9.80. The third-order valence-corrected chi connectivity index (χ3v) is 8.34. The van der Waals surface area contributed by atoms with Crippen LogP contribution in [0.1, 0.15) is 56.0 Å². The number of hydrogen-bond acceptors (Lipinski definition) is 5. The summed E-state index contributed by atoms with van der Waals surface area (Å²) >= 11 is 5.89. The molecule has 0 radical (unpaired) electrons. The van der Waals surface area contributed by atoms with Crippen LogP contribution in [0.25, 0.3) is 0 Å². The van der Waals surface area contributed by atoms with Gasteiger partial charge >= 0.3 is 5.97 Å². The molecule has 2 atom stereocenters. The van der Waals surface area contributed by atoms with Crippen LogP contribution < -0.4 is 10.1 Å². The number of halogens is 1. The molecule has 0 aliphatic heterocycles. The molecule has 33 heavy (non-hydrogen) atoms. The quantitative estimate of drug-likeness (QED) is 0.429. The van der Waals surface area contributed by atoms with E-state index >= 15 is 0 Å². The number of anilines is 1. The first kappa shape index (κ1) is 23.3. The van der Waals surface area contributed by atoms with Crippen LogP contribution in [0.15, 0.2) is 47.6 Å². The van der Waals surface area contributed by atoms with E-state index in [2.05, 4.69) is 31.2 Å². The highest BCUT2D eigenvalue weighted by Gasteiger charge is 2.71. The van der Waals surface area contributed by atoms with Crippen LogP contribution in [0, 0.1) is 23.2 Å². The van der Waals surface area contributed by atoms with Crippen molar-refractivity contribution < 1.29 is 19.2 Å². The van der Waals surface area contributed by atoms with Crippen molar-refractivity contribution in [2.45, 2.75) is 47.0 Å². The van der Waals surface area contributed by atoms with Gasteiger partial charge in [-0.1, -0.05) is 43.6 Å². The minimum absolute atomic E-state index is 0.0608. The monoisotopic (exact) mass is 468 g/mol. The van der Waals surface area contributed by atoms with E-state index in [-0.39, 0.29) is 16.7 Å². The molecular formula is C26H29ClN2O4. The summed E-state index contributed by atoms with van der Waals surface area (Å²) in [6.45, 7) is 8.30. The maximum absolute atomic E-state index is 13.7. The molecule has 2 unspecified atom stereocenters. The van der Waals surface area contributed by atoms with Gasteiger partial charge in [-0.2, -0.15) is 0 Å². The van der Waals surface area contributed by atoms with Crippen LogP contribution in [-0.4, -0.2) is 24.7 Å². The number of nitrogens with one attached hydrogen (secondary N) is 1. The zero-order valence-corrected chi connectivity index (χ0v) is 20.4. The van der Waals surface area contributed by atoms with E-state index in [9.17, 15) is 9.59 Å². The standard InChI is InChI=1S/C26H29ClN2O4/c1-16-6-11-20(32-5)19(14-16)28-23(31)26-13-12-25(4,24(26,2)3)21(15-26)29-33-22(30)17-7-9-18(27)10-8-17/h6-11,14H,12-13,15H2,1-5H3,(H,28,31)/b29-21-. The number of rotatable bonds is 5. The fourth-order valence-corrected chi connectivity index (χ4v) is 5.55. The molecular weight excluding hydrogens is 440 g/mol. The number of amides is 1. The molecule has 174 valence electrons. The summed E-state index contributed by atoms with van der Waals surface area (Å²) in [5.41, 5.74) is 1.39. The number of benzene rings is 2. The molecule has 2 aromatic rings. The average Bonchev–Trinajstić information content (AvgIpc) is 3.09. The summed E-state index contributed by atoms with van der Waals surface area (Å²) in [6, 6.07) is 12.2. The number of carbonyl (C=O) groups excluding carboxylic acids is 2. The summed E-state index contributed by atoms with van der Waals surface area (Å²) in [7, 11) is 1.59. The number of aryl methyl sites for hydroxylation is 1.